The first-order chi connectivity index (χ1) is 11.0. The summed E-state index contributed by atoms with van der Waals surface area (Å²) in [4.78, 5) is 36.1. The molecular weight excluding hydrogens is 323 g/mol. The SMILES string of the molecule is NC(=O)Cn1c(=O)n(Cc2ccccc2F)c(=O)c2nscc21. The normalized spacial score (nSPS) is 11.0. The fourth-order valence-electron chi connectivity index (χ4n) is 2.28. The number of fused-ring (bicyclic) bond motifs is 1. The van der Waals surface area contributed by atoms with E-state index in [-0.39, 0.29) is 29.7 Å². The Labute approximate surface area is 132 Å². The van der Waals surface area contributed by atoms with Crippen LogP contribution in [0.5, 0.6) is 0 Å². The first-order valence-electron chi connectivity index (χ1n) is 6.58. The number of hydrogen-bond acceptors (Lipinski definition) is 5. The van der Waals surface area contributed by atoms with E-state index in [1.807, 2.05) is 0 Å². The van der Waals surface area contributed by atoms with Crippen molar-refractivity contribution in [2.45, 2.75) is 13.1 Å². The number of hydrogen-bond donors (Lipinski definition) is 1. The van der Waals surface area contributed by atoms with Crippen LogP contribution in [0.2, 0.25) is 0 Å². The predicted molar refractivity (Wildman–Crippen MR) is 82.8 cm³/mol. The van der Waals surface area contributed by atoms with Gasteiger partial charge in [0.2, 0.25) is 5.91 Å². The standard InChI is InChI=1S/C14H11FN4O3S/c15-9-4-2-1-3-8(9)5-19-13(21)12-10(7-23-17-12)18(14(19)22)6-11(16)20/h1-4,7H,5-6H2,(H2,16,20). The van der Waals surface area contributed by atoms with Crippen LogP contribution in [0.1, 0.15) is 5.56 Å². The van der Waals surface area contributed by atoms with Crippen molar-refractivity contribution in [3.8, 4) is 0 Å². The number of aromatic nitrogens is 3. The third-order valence-corrected chi connectivity index (χ3v) is 3.97. The van der Waals surface area contributed by atoms with Gasteiger partial charge in [0.05, 0.1) is 12.1 Å². The Morgan fingerprint density at radius 3 is 2.70 bits per heavy atom. The number of carbonyl (C=O) groups is 1. The lowest BCUT2D eigenvalue weighted by Crippen LogP contribution is -2.42. The fourth-order valence-corrected chi connectivity index (χ4v) is 2.95. The third kappa shape index (κ3) is 2.66. The topological polar surface area (TPSA) is 100.0 Å². The van der Waals surface area contributed by atoms with Crippen molar-refractivity contribution in [2.75, 3.05) is 0 Å². The lowest BCUT2D eigenvalue weighted by atomic mass is 10.2. The summed E-state index contributed by atoms with van der Waals surface area (Å²) in [5, 5.41) is 1.49. The highest BCUT2D eigenvalue weighted by molar-refractivity contribution is 7.04. The highest BCUT2D eigenvalue weighted by Crippen LogP contribution is 2.11. The molecule has 2 heterocycles. The van der Waals surface area contributed by atoms with E-state index in [9.17, 15) is 18.8 Å². The van der Waals surface area contributed by atoms with Gasteiger partial charge in [0, 0.05) is 10.9 Å². The summed E-state index contributed by atoms with van der Waals surface area (Å²) < 4.78 is 19.7. The molecule has 3 aromatic rings. The van der Waals surface area contributed by atoms with Crippen LogP contribution in [0.15, 0.2) is 39.2 Å². The number of rotatable bonds is 4. The molecule has 0 saturated carbocycles. The number of carbonyl (C=O) groups excluding carboxylic acids is 1. The summed E-state index contributed by atoms with van der Waals surface area (Å²) in [5.41, 5.74) is 4.27. The van der Waals surface area contributed by atoms with Gasteiger partial charge in [0.1, 0.15) is 12.4 Å². The van der Waals surface area contributed by atoms with E-state index < -0.39 is 23.0 Å². The van der Waals surface area contributed by atoms with Gasteiger partial charge in [0.15, 0.2) is 5.52 Å². The summed E-state index contributed by atoms with van der Waals surface area (Å²) >= 11 is 0.986. The zero-order valence-corrected chi connectivity index (χ0v) is 12.5. The van der Waals surface area contributed by atoms with E-state index in [4.69, 9.17) is 5.73 Å². The first-order valence-corrected chi connectivity index (χ1v) is 7.42. The molecule has 0 spiro atoms. The maximum absolute atomic E-state index is 13.8. The molecule has 0 fully saturated rings. The van der Waals surface area contributed by atoms with E-state index >= 15 is 0 Å². The Balaban J connectivity index is 2.24. The molecule has 0 aliphatic rings. The van der Waals surface area contributed by atoms with Gasteiger partial charge in [-0.05, 0) is 17.6 Å². The summed E-state index contributed by atoms with van der Waals surface area (Å²) in [5.74, 6) is -1.26. The van der Waals surface area contributed by atoms with Crippen molar-refractivity contribution in [1.29, 1.82) is 0 Å². The van der Waals surface area contributed by atoms with Crippen LogP contribution in [0, 0.1) is 5.82 Å². The molecule has 23 heavy (non-hydrogen) atoms. The quantitative estimate of drug-likeness (QED) is 0.741. The third-order valence-electron chi connectivity index (χ3n) is 3.35. The van der Waals surface area contributed by atoms with E-state index in [0.717, 1.165) is 20.7 Å². The van der Waals surface area contributed by atoms with Crippen LogP contribution in [0.4, 0.5) is 4.39 Å². The molecule has 3 rings (SSSR count). The monoisotopic (exact) mass is 334 g/mol. The Bertz CT molecular complexity index is 1020. The Morgan fingerprint density at radius 2 is 2.00 bits per heavy atom. The molecule has 0 bridgehead atoms. The number of nitrogens with two attached hydrogens (primary N) is 1. The molecule has 9 heteroatoms. The molecule has 1 amide bonds. The molecule has 7 nitrogen and oxygen atoms in total. The maximum atomic E-state index is 13.8. The summed E-state index contributed by atoms with van der Waals surface area (Å²) in [7, 11) is 0. The van der Waals surface area contributed by atoms with E-state index in [1.165, 1.54) is 23.6 Å². The lowest BCUT2D eigenvalue weighted by Gasteiger charge is -2.10. The molecule has 0 aliphatic heterocycles. The lowest BCUT2D eigenvalue weighted by molar-refractivity contribution is -0.118. The average molecular weight is 334 g/mol. The number of primary amides is 1. The average Bonchev–Trinajstić information content (AvgIpc) is 2.99. The Hall–Kier alpha value is -2.81. The minimum Gasteiger partial charge on any atom is -0.368 e. The van der Waals surface area contributed by atoms with Crippen molar-refractivity contribution in [3.05, 3.63) is 61.9 Å². The number of halogens is 1. The molecule has 0 aliphatic carbocycles. The van der Waals surface area contributed by atoms with E-state index in [2.05, 4.69) is 4.37 Å². The van der Waals surface area contributed by atoms with E-state index in [1.54, 1.807) is 6.07 Å². The second kappa shape index (κ2) is 5.76. The van der Waals surface area contributed by atoms with Crippen LogP contribution in [0.25, 0.3) is 11.0 Å². The van der Waals surface area contributed by atoms with Crippen LogP contribution < -0.4 is 17.0 Å². The van der Waals surface area contributed by atoms with Crippen molar-refractivity contribution in [1.82, 2.24) is 13.5 Å². The smallest absolute Gasteiger partial charge is 0.332 e. The predicted octanol–water partition coefficient (Wildman–Crippen LogP) is 0.292. The summed E-state index contributed by atoms with van der Waals surface area (Å²) in [6.45, 7) is -0.637. The second-order valence-electron chi connectivity index (χ2n) is 4.87. The zero-order chi connectivity index (χ0) is 16.6. The van der Waals surface area contributed by atoms with Gasteiger partial charge in [0.25, 0.3) is 5.56 Å². The van der Waals surface area contributed by atoms with Crippen LogP contribution in [-0.4, -0.2) is 19.4 Å². The van der Waals surface area contributed by atoms with Crippen molar-refractivity contribution >= 4 is 28.5 Å². The number of benzene rings is 1. The molecule has 0 atom stereocenters. The minimum atomic E-state index is -0.732. The zero-order valence-electron chi connectivity index (χ0n) is 11.7. The van der Waals surface area contributed by atoms with Gasteiger partial charge in [-0.15, -0.1) is 0 Å². The number of nitrogens with zero attached hydrogens (tertiary/aromatic N) is 3. The van der Waals surface area contributed by atoms with Gasteiger partial charge >= 0.3 is 5.69 Å². The van der Waals surface area contributed by atoms with Crippen molar-refractivity contribution < 1.29 is 9.18 Å². The van der Waals surface area contributed by atoms with Gasteiger partial charge in [-0.2, -0.15) is 4.37 Å². The number of amides is 1. The second-order valence-corrected chi connectivity index (χ2v) is 5.50. The van der Waals surface area contributed by atoms with Crippen LogP contribution >= 0.6 is 11.5 Å². The van der Waals surface area contributed by atoms with Gasteiger partial charge in [-0.3, -0.25) is 18.7 Å². The molecule has 0 unspecified atom stereocenters. The summed E-state index contributed by atoms with van der Waals surface area (Å²) in [6.07, 6.45) is 0. The fraction of sp³-hybridized carbons (Fsp3) is 0.143. The molecule has 118 valence electrons. The maximum Gasteiger partial charge on any atom is 0.332 e. The van der Waals surface area contributed by atoms with Crippen molar-refractivity contribution in [3.63, 3.8) is 0 Å². The van der Waals surface area contributed by atoms with Gasteiger partial charge in [-0.25, -0.2) is 9.18 Å². The molecule has 2 aromatic heterocycles. The molecule has 2 N–H and O–H groups in total. The van der Waals surface area contributed by atoms with E-state index in [0.29, 0.717) is 0 Å². The molecule has 0 radical (unpaired) electrons. The highest BCUT2D eigenvalue weighted by atomic mass is 32.1. The molecular formula is C14H11FN4O3S. The van der Waals surface area contributed by atoms with Crippen LogP contribution in [-0.2, 0) is 17.9 Å². The Morgan fingerprint density at radius 1 is 1.26 bits per heavy atom. The summed E-state index contributed by atoms with van der Waals surface area (Å²) in [6, 6.07) is 5.83. The van der Waals surface area contributed by atoms with Crippen molar-refractivity contribution in [2.24, 2.45) is 5.73 Å². The first kappa shape index (κ1) is 15.1. The van der Waals surface area contributed by atoms with Gasteiger partial charge in [-0.1, -0.05) is 18.2 Å². The highest BCUT2D eigenvalue weighted by Gasteiger charge is 2.17. The van der Waals surface area contributed by atoms with Gasteiger partial charge < -0.3 is 5.73 Å². The largest absolute Gasteiger partial charge is 0.368 e. The minimum absolute atomic E-state index is 0.0483. The molecule has 0 saturated heterocycles. The van der Waals surface area contributed by atoms with Crippen LogP contribution in [0.3, 0.4) is 0 Å². The molecule has 1 aromatic carbocycles. The Kier molecular flexibility index (Phi) is 3.78.